The normalized spacial score (nSPS) is 12.0. The number of para-hydroxylation sites is 1. The van der Waals surface area contributed by atoms with Crippen molar-refractivity contribution in [2.75, 3.05) is 4.90 Å². The van der Waals surface area contributed by atoms with Crippen molar-refractivity contribution in [3.63, 3.8) is 0 Å². The lowest BCUT2D eigenvalue weighted by Gasteiger charge is -2.26. The Morgan fingerprint density at radius 2 is 1.07 bits per heavy atom. The Balaban J connectivity index is 1.04. The van der Waals surface area contributed by atoms with Crippen LogP contribution in [0.3, 0.4) is 0 Å². The molecule has 0 radical (unpaired) electrons. The first kappa shape index (κ1) is 31.1. The summed E-state index contributed by atoms with van der Waals surface area (Å²) in [5.41, 5.74) is 9.65. The predicted molar refractivity (Wildman–Crippen MR) is 238 cm³/mol. The van der Waals surface area contributed by atoms with Gasteiger partial charge in [0.1, 0.15) is 16.2 Å². The maximum Gasteiger partial charge on any atom is 0.135 e. The van der Waals surface area contributed by atoms with E-state index in [2.05, 4.69) is 163 Å². The highest BCUT2D eigenvalue weighted by Gasteiger charge is 2.20. The van der Waals surface area contributed by atoms with Gasteiger partial charge in [0.25, 0.3) is 0 Å². The van der Waals surface area contributed by atoms with Crippen LogP contribution in [0.1, 0.15) is 0 Å². The second-order valence-electron chi connectivity index (χ2n) is 13.9. The number of rotatable bonds is 5. The van der Waals surface area contributed by atoms with Gasteiger partial charge >= 0.3 is 0 Å². The number of nitrogens with zero attached hydrogens (tertiary/aromatic N) is 2. The van der Waals surface area contributed by atoms with E-state index in [9.17, 15) is 0 Å². The number of thiazole rings is 1. The molecule has 6 heteroatoms. The first-order chi connectivity index (χ1) is 27.2. The van der Waals surface area contributed by atoms with E-state index in [1.54, 1.807) is 11.3 Å². The van der Waals surface area contributed by atoms with Gasteiger partial charge in [-0.15, -0.1) is 34.0 Å². The molecule has 4 aromatic heterocycles. The molecule has 0 fully saturated rings. The molecule has 0 aliphatic heterocycles. The summed E-state index contributed by atoms with van der Waals surface area (Å²) in [5.74, 6) is 0. The fraction of sp³-hybridized carbons (Fsp3) is 0. The second kappa shape index (κ2) is 12.1. The van der Waals surface area contributed by atoms with E-state index < -0.39 is 0 Å². The summed E-state index contributed by atoms with van der Waals surface area (Å²) >= 11 is 5.51. The maximum absolute atomic E-state index is 6.25. The molecule has 0 N–H and O–H groups in total. The van der Waals surface area contributed by atoms with Crippen LogP contribution in [0.5, 0.6) is 0 Å². The zero-order valence-electron chi connectivity index (χ0n) is 29.2. The Morgan fingerprint density at radius 1 is 0.418 bits per heavy atom. The molecule has 0 atom stereocenters. The highest BCUT2D eigenvalue weighted by molar-refractivity contribution is 7.28. The van der Waals surface area contributed by atoms with Crippen molar-refractivity contribution in [3.05, 3.63) is 170 Å². The fourth-order valence-corrected chi connectivity index (χ4v) is 11.7. The number of furan rings is 1. The molecule has 3 nitrogen and oxygen atoms in total. The van der Waals surface area contributed by atoms with E-state index in [1.807, 2.05) is 34.8 Å². The fourth-order valence-electron chi connectivity index (χ4n) is 8.13. The monoisotopic (exact) mass is 756 g/mol. The summed E-state index contributed by atoms with van der Waals surface area (Å²) < 4.78 is 12.7. The Bertz CT molecular complexity index is 3440. The summed E-state index contributed by atoms with van der Waals surface area (Å²) in [6.07, 6.45) is 0. The highest BCUT2D eigenvalue weighted by atomic mass is 32.1. The van der Waals surface area contributed by atoms with Crippen molar-refractivity contribution in [2.24, 2.45) is 0 Å². The van der Waals surface area contributed by atoms with Crippen molar-refractivity contribution >= 4 is 124 Å². The van der Waals surface area contributed by atoms with Crippen LogP contribution in [-0.2, 0) is 0 Å². The minimum absolute atomic E-state index is 0.889. The molecule has 0 spiro atoms. The van der Waals surface area contributed by atoms with Gasteiger partial charge in [0, 0.05) is 79.3 Å². The molecule has 12 aromatic rings. The average Bonchev–Trinajstić information content (AvgIpc) is 4.02. The van der Waals surface area contributed by atoms with E-state index in [1.165, 1.54) is 56.2 Å². The SMILES string of the molecule is c1ccc(-c2nc3cc(-c4ccc(N(c5ccc6c(c5)sc5ccccc56)c5ccc6oc7ccccc7c6c5)cc4)c4sc5ccccc5c4c3s2)cc1. The van der Waals surface area contributed by atoms with Crippen molar-refractivity contribution in [1.29, 1.82) is 0 Å². The van der Waals surface area contributed by atoms with Gasteiger partial charge in [-0.1, -0.05) is 103 Å². The first-order valence-corrected chi connectivity index (χ1v) is 20.7. The number of benzene rings is 8. The summed E-state index contributed by atoms with van der Waals surface area (Å²) in [4.78, 5) is 7.60. The molecule has 0 saturated carbocycles. The van der Waals surface area contributed by atoms with Crippen LogP contribution < -0.4 is 4.90 Å². The molecule has 8 aromatic carbocycles. The lowest BCUT2D eigenvalue weighted by molar-refractivity contribution is 0.669. The van der Waals surface area contributed by atoms with Crippen molar-refractivity contribution in [1.82, 2.24) is 4.98 Å². The first-order valence-electron chi connectivity index (χ1n) is 18.3. The smallest absolute Gasteiger partial charge is 0.135 e. The van der Waals surface area contributed by atoms with E-state index in [-0.39, 0.29) is 0 Å². The number of hydrogen-bond donors (Lipinski definition) is 0. The van der Waals surface area contributed by atoms with Crippen molar-refractivity contribution < 1.29 is 4.42 Å². The summed E-state index contributed by atoms with van der Waals surface area (Å²) in [7, 11) is 0. The number of hydrogen-bond acceptors (Lipinski definition) is 6. The lowest BCUT2D eigenvalue weighted by atomic mass is 10.0. The van der Waals surface area contributed by atoms with Gasteiger partial charge in [0.15, 0.2) is 0 Å². The van der Waals surface area contributed by atoms with Crippen LogP contribution >= 0.6 is 34.0 Å². The van der Waals surface area contributed by atoms with E-state index in [0.29, 0.717) is 0 Å². The molecule has 55 heavy (non-hydrogen) atoms. The summed E-state index contributed by atoms with van der Waals surface area (Å²) in [6.45, 7) is 0. The molecule has 0 bridgehead atoms. The quantitative estimate of drug-likeness (QED) is 0.175. The van der Waals surface area contributed by atoms with Crippen LogP contribution in [0.25, 0.3) is 94.2 Å². The Kier molecular flexibility index (Phi) is 6.84. The van der Waals surface area contributed by atoms with Gasteiger partial charge in [-0.05, 0) is 72.3 Å². The van der Waals surface area contributed by atoms with Crippen LogP contribution in [0.4, 0.5) is 17.1 Å². The molecule has 258 valence electrons. The zero-order valence-corrected chi connectivity index (χ0v) is 31.6. The minimum atomic E-state index is 0.889. The molecule has 0 unspecified atom stereocenters. The number of thiophene rings is 2. The third-order valence-corrected chi connectivity index (χ3v) is 14.2. The molecule has 0 saturated heterocycles. The Hall–Kier alpha value is -6.31. The van der Waals surface area contributed by atoms with E-state index in [4.69, 9.17) is 9.40 Å². The predicted octanol–water partition coefficient (Wildman–Crippen LogP) is 15.7. The molecular formula is C49H28N2OS3. The van der Waals surface area contributed by atoms with Gasteiger partial charge < -0.3 is 9.32 Å². The largest absolute Gasteiger partial charge is 0.456 e. The second-order valence-corrected chi connectivity index (χ2v) is 17.0. The molecular weight excluding hydrogens is 729 g/mol. The lowest BCUT2D eigenvalue weighted by Crippen LogP contribution is -2.09. The maximum atomic E-state index is 6.25. The number of fused-ring (bicyclic) bond motifs is 11. The van der Waals surface area contributed by atoms with Crippen molar-refractivity contribution in [3.8, 4) is 21.7 Å². The number of aromatic nitrogens is 1. The third-order valence-electron chi connectivity index (χ3n) is 10.7. The zero-order chi connectivity index (χ0) is 36.0. The molecule has 0 aliphatic rings. The number of anilines is 3. The summed E-state index contributed by atoms with van der Waals surface area (Å²) in [5, 5.41) is 8.46. The van der Waals surface area contributed by atoms with Gasteiger partial charge in [0.05, 0.1) is 10.2 Å². The highest BCUT2D eigenvalue weighted by Crippen LogP contribution is 2.48. The van der Waals surface area contributed by atoms with Crippen LogP contribution in [0.15, 0.2) is 174 Å². The van der Waals surface area contributed by atoms with Gasteiger partial charge in [-0.2, -0.15) is 0 Å². The van der Waals surface area contributed by atoms with Crippen LogP contribution in [0, 0.1) is 0 Å². The van der Waals surface area contributed by atoms with Crippen LogP contribution in [-0.4, -0.2) is 4.98 Å². The van der Waals surface area contributed by atoms with Gasteiger partial charge in [-0.3, -0.25) is 0 Å². The average molecular weight is 757 g/mol. The van der Waals surface area contributed by atoms with Gasteiger partial charge in [0.2, 0.25) is 0 Å². The Morgan fingerprint density at radius 3 is 1.93 bits per heavy atom. The molecule has 12 rings (SSSR count). The van der Waals surface area contributed by atoms with E-state index in [0.717, 1.165) is 55.1 Å². The van der Waals surface area contributed by atoms with E-state index >= 15 is 0 Å². The molecule has 4 heterocycles. The molecule has 0 amide bonds. The van der Waals surface area contributed by atoms with Gasteiger partial charge in [-0.25, -0.2) is 4.98 Å². The topological polar surface area (TPSA) is 29.3 Å². The standard InChI is InChI=1S/C49H28N2OS3/c1-2-10-30(11-3-1)49-50-40-28-38(47-46(48(40)55-49)37-14-6-9-17-44(37)54-47)29-18-20-31(21-19-29)51(32-23-25-42-39(26-32)34-12-4-7-15-41(34)52-42)33-22-24-36-35-13-5-8-16-43(35)53-45(36)27-33/h1-28H. The third kappa shape index (κ3) is 4.89. The van der Waals surface area contributed by atoms with Crippen molar-refractivity contribution in [2.45, 2.75) is 0 Å². The summed E-state index contributed by atoms with van der Waals surface area (Å²) in [6, 6.07) is 61.1. The Labute approximate surface area is 327 Å². The van der Waals surface area contributed by atoms with Crippen LogP contribution in [0.2, 0.25) is 0 Å². The minimum Gasteiger partial charge on any atom is -0.456 e. The molecule has 0 aliphatic carbocycles.